The summed E-state index contributed by atoms with van der Waals surface area (Å²) in [5, 5.41) is 0. The summed E-state index contributed by atoms with van der Waals surface area (Å²) < 4.78 is 5.52. The molecule has 20 heavy (non-hydrogen) atoms. The van der Waals surface area contributed by atoms with E-state index in [9.17, 15) is 0 Å². The molecular weight excluding hydrogens is 246 g/mol. The Morgan fingerprint density at radius 2 is 1.85 bits per heavy atom. The lowest BCUT2D eigenvalue weighted by molar-refractivity contribution is 0.340. The third-order valence-corrected chi connectivity index (χ3v) is 3.46. The summed E-state index contributed by atoms with van der Waals surface area (Å²) in [6.45, 7) is 4.79. The predicted molar refractivity (Wildman–Crippen MR) is 84.0 cm³/mol. The molecule has 0 heterocycles. The fourth-order valence-electron chi connectivity index (χ4n) is 2.26. The Morgan fingerprint density at radius 3 is 2.55 bits per heavy atom. The van der Waals surface area contributed by atoms with E-state index < -0.39 is 0 Å². The second kappa shape index (κ2) is 7.11. The first kappa shape index (κ1) is 14.6. The van der Waals surface area contributed by atoms with Crippen LogP contribution in [0.4, 0.5) is 0 Å². The van der Waals surface area contributed by atoms with Gasteiger partial charge in [-0.05, 0) is 49.9 Å². The van der Waals surface area contributed by atoms with Crippen molar-refractivity contribution in [1.29, 1.82) is 0 Å². The van der Waals surface area contributed by atoms with E-state index >= 15 is 0 Å². The summed E-state index contributed by atoms with van der Waals surface area (Å²) >= 11 is 0. The molecule has 0 bridgehead atoms. The molecule has 2 aromatic rings. The zero-order valence-corrected chi connectivity index (χ0v) is 12.3. The molecule has 0 spiro atoms. The number of hydrogen-bond acceptors (Lipinski definition) is 2. The van der Waals surface area contributed by atoms with E-state index in [4.69, 9.17) is 10.5 Å². The monoisotopic (exact) mass is 269 g/mol. The van der Waals surface area contributed by atoms with Crippen LogP contribution in [0.15, 0.2) is 48.5 Å². The van der Waals surface area contributed by atoms with Gasteiger partial charge in [0.05, 0.1) is 6.61 Å². The minimum Gasteiger partial charge on any atom is -0.494 e. The highest BCUT2D eigenvalue weighted by Gasteiger charge is 2.06. The molecule has 0 aliphatic carbocycles. The summed E-state index contributed by atoms with van der Waals surface area (Å²) in [6.07, 6.45) is 1.91. The van der Waals surface area contributed by atoms with E-state index in [0.717, 1.165) is 18.6 Å². The van der Waals surface area contributed by atoms with Crippen molar-refractivity contribution < 1.29 is 4.74 Å². The minimum absolute atomic E-state index is 0.0892. The van der Waals surface area contributed by atoms with Crippen LogP contribution >= 0.6 is 0 Å². The van der Waals surface area contributed by atoms with Gasteiger partial charge in [-0.3, -0.25) is 0 Å². The van der Waals surface area contributed by atoms with Crippen LogP contribution in [0.1, 0.15) is 36.1 Å². The number of ether oxygens (including phenoxy) is 1. The normalized spacial score (nSPS) is 12.2. The van der Waals surface area contributed by atoms with Crippen LogP contribution in [0.3, 0.4) is 0 Å². The van der Waals surface area contributed by atoms with Crippen LogP contribution < -0.4 is 10.5 Å². The van der Waals surface area contributed by atoms with E-state index in [1.807, 2.05) is 19.1 Å². The summed E-state index contributed by atoms with van der Waals surface area (Å²) in [6, 6.07) is 16.8. The van der Waals surface area contributed by atoms with Gasteiger partial charge in [0, 0.05) is 6.04 Å². The van der Waals surface area contributed by atoms with Crippen LogP contribution in [0.25, 0.3) is 0 Å². The van der Waals surface area contributed by atoms with Gasteiger partial charge in [0.25, 0.3) is 0 Å². The first-order valence-corrected chi connectivity index (χ1v) is 7.23. The highest BCUT2D eigenvalue weighted by atomic mass is 16.5. The summed E-state index contributed by atoms with van der Waals surface area (Å²) in [5.74, 6) is 0.939. The Hall–Kier alpha value is -1.80. The maximum atomic E-state index is 6.26. The highest BCUT2D eigenvalue weighted by molar-refractivity contribution is 5.29. The van der Waals surface area contributed by atoms with Gasteiger partial charge in [-0.15, -0.1) is 0 Å². The third-order valence-electron chi connectivity index (χ3n) is 3.46. The average molecular weight is 269 g/mol. The number of nitrogens with two attached hydrogens (primary N) is 1. The molecule has 1 atom stereocenters. The Bertz CT molecular complexity index is 533. The van der Waals surface area contributed by atoms with E-state index in [0.29, 0.717) is 6.61 Å². The zero-order valence-electron chi connectivity index (χ0n) is 12.3. The molecule has 0 aliphatic rings. The molecule has 2 rings (SSSR count). The molecule has 2 heteroatoms. The van der Waals surface area contributed by atoms with Gasteiger partial charge in [0.15, 0.2) is 0 Å². The molecule has 0 saturated heterocycles. The van der Waals surface area contributed by atoms with Crippen LogP contribution in [-0.4, -0.2) is 6.61 Å². The van der Waals surface area contributed by atoms with Crippen molar-refractivity contribution in [3.63, 3.8) is 0 Å². The number of rotatable bonds is 6. The number of aryl methyl sites for hydroxylation is 2. The van der Waals surface area contributed by atoms with Crippen molar-refractivity contribution in [1.82, 2.24) is 0 Å². The fourth-order valence-corrected chi connectivity index (χ4v) is 2.26. The molecular formula is C18H23NO. The van der Waals surface area contributed by atoms with Gasteiger partial charge in [0.1, 0.15) is 5.75 Å². The molecule has 0 saturated carbocycles. The topological polar surface area (TPSA) is 35.2 Å². The Morgan fingerprint density at radius 1 is 1.10 bits per heavy atom. The molecule has 0 radical (unpaired) electrons. The summed E-state index contributed by atoms with van der Waals surface area (Å²) in [7, 11) is 0. The quantitative estimate of drug-likeness (QED) is 0.859. The van der Waals surface area contributed by atoms with Crippen LogP contribution in [0, 0.1) is 6.92 Å². The first-order valence-electron chi connectivity index (χ1n) is 7.23. The van der Waals surface area contributed by atoms with Crippen molar-refractivity contribution in [2.45, 2.75) is 32.7 Å². The lowest BCUT2D eigenvalue weighted by Crippen LogP contribution is -2.11. The van der Waals surface area contributed by atoms with Gasteiger partial charge in [-0.1, -0.05) is 42.0 Å². The lowest BCUT2D eigenvalue weighted by Gasteiger charge is -2.13. The molecule has 2 aromatic carbocycles. The van der Waals surface area contributed by atoms with Gasteiger partial charge in [-0.25, -0.2) is 0 Å². The second-order valence-electron chi connectivity index (χ2n) is 5.14. The van der Waals surface area contributed by atoms with E-state index in [2.05, 4.69) is 43.3 Å². The third kappa shape index (κ3) is 4.10. The van der Waals surface area contributed by atoms with Crippen LogP contribution in [0.5, 0.6) is 5.75 Å². The standard InChI is InChI=1S/C18H23NO/c1-3-20-17-6-4-5-15(13-17)9-12-18(19)16-10-7-14(2)8-11-16/h4-8,10-11,13,18H,3,9,12,19H2,1-2H3. The molecule has 2 nitrogen and oxygen atoms in total. The molecule has 106 valence electrons. The smallest absolute Gasteiger partial charge is 0.119 e. The Labute approximate surface area is 121 Å². The number of hydrogen-bond donors (Lipinski definition) is 1. The van der Waals surface area contributed by atoms with E-state index in [1.165, 1.54) is 16.7 Å². The van der Waals surface area contributed by atoms with Crippen molar-refractivity contribution >= 4 is 0 Å². The Kier molecular flexibility index (Phi) is 5.19. The molecule has 0 aromatic heterocycles. The van der Waals surface area contributed by atoms with E-state index in [-0.39, 0.29) is 6.04 Å². The fraction of sp³-hybridized carbons (Fsp3) is 0.333. The SMILES string of the molecule is CCOc1cccc(CCC(N)c2ccc(C)cc2)c1. The van der Waals surface area contributed by atoms with Crippen LogP contribution in [0.2, 0.25) is 0 Å². The van der Waals surface area contributed by atoms with Crippen molar-refractivity contribution in [2.75, 3.05) is 6.61 Å². The lowest BCUT2D eigenvalue weighted by atomic mass is 9.99. The maximum absolute atomic E-state index is 6.26. The van der Waals surface area contributed by atoms with Gasteiger partial charge < -0.3 is 10.5 Å². The molecule has 0 fully saturated rings. The highest BCUT2D eigenvalue weighted by Crippen LogP contribution is 2.20. The van der Waals surface area contributed by atoms with Crippen molar-refractivity contribution in [3.05, 3.63) is 65.2 Å². The summed E-state index contributed by atoms with van der Waals surface area (Å²) in [5.41, 5.74) is 10.0. The first-order chi connectivity index (χ1) is 9.69. The van der Waals surface area contributed by atoms with E-state index in [1.54, 1.807) is 0 Å². The molecule has 2 N–H and O–H groups in total. The number of benzene rings is 2. The van der Waals surface area contributed by atoms with Crippen LogP contribution in [-0.2, 0) is 6.42 Å². The van der Waals surface area contributed by atoms with Gasteiger partial charge >= 0.3 is 0 Å². The summed E-state index contributed by atoms with van der Waals surface area (Å²) in [4.78, 5) is 0. The largest absolute Gasteiger partial charge is 0.494 e. The van der Waals surface area contributed by atoms with Gasteiger partial charge in [0.2, 0.25) is 0 Å². The predicted octanol–water partition coefficient (Wildman–Crippen LogP) is 4.03. The second-order valence-corrected chi connectivity index (χ2v) is 5.14. The van der Waals surface area contributed by atoms with Crippen molar-refractivity contribution in [2.24, 2.45) is 5.73 Å². The Balaban J connectivity index is 1.94. The molecule has 1 unspecified atom stereocenters. The van der Waals surface area contributed by atoms with Gasteiger partial charge in [-0.2, -0.15) is 0 Å². The molecule has 0 aliphatic heterocycles. The molecule has 0 amide bonds. The van der Waals surface area contributed by atoms with Crippen molar-refractivity contribution in [3.8, 4) is 5.75 Å². The maximum Gasteiger partial charge on any atom is 0.119 e. The average Bonchev–Trinajstić information content (AvgIpc) is 2.46. The zero-order chi connectivity index (χ0) is 14.4. The minimum atomic E-state index is 0.0892.